The van der Waals surface area contributed by atoms with E-state index in [9.17, 15) is 0 Å². The van der Waals surface area contributed by atoms with Crippen LogP contribution in [0.1, 0.15) is 25.3 Å². The molecule has 0 saturated heterocycles. The van der Waals surface area contributed by atoms with E-state index < -0.39 is 0 Å². The lowest BCUT2D eigenvalue weighted by molar-refractivity contribution is 0.622. The second kappa shape index (κ2) is 5.78. The minimum Gasteiger partial charge on any atom is -0.370 e. The van der Waals surface area contributed by atoms with Crippen molar-refractivity contribution in [1.82, 2.24) is 0 Å². The zero-order valence-corrected chi connectivity index (χ0v) is 9.64. The highest BCUT2D eigenvalue weighted by atomic mass is 15.1. The van der Waals surface area contributed by atoms with E-state index in [1.165, 1.54) is 0 Å². The molecule has 0 aliphatic carbocycles. The topological polar surface area (TPSA) is 50.8 Å². The number of rotatable bonds is 4. The highest BCUT2D eigenvalue weighted by Crippen LogP contribution is 2.22. The minimum absolute atomic E-state index is 0.166. The van der Waals surface area contributed by atoms with Gasteiger partial charge in [-0.25, -0.2) is 0 Å². The van der Waals surface area contributed by atoms with Gasteiger partial charge in [0.05, 0.1) is 23.7 Å². The van der Waals surface area contributed by atoms with Gasteiger partial charge in [0.15, 0.2) is 0 Å². The van der Waals surface area contributed by atoms with Gasteiger partial charge in [-0.1, -0.05) is 19.1 Å². The lowest BCUT2D eigenvalue weighted by Crippen LogP contribution is -2.31. The second-order valence-electron chi connectivity index (χ2n) is 3.66. The number of hydrogen-bond donors (Lipinski definition) is 0. The molecule has 0 spiro atoms. The van der Waals surface area contributed by atoms with Gasteiger partial charge in [0.1, 0.15) is 6.07 Å². The second-order valence-corrected chi connectivity index (χ2v) is 3.66. The Morgan fingerprint density at radius 2 is 2.00 bits per heavy atom. The average Bonchev–Trinajstić information content (AvgIpc) is 2.35. The normalized spacial score (nSPS) is 11.2. The molecule has 0 aliphatic heterocycles. The van der Waals surface area contributed by atoms with Crippen LogP contribution >= 0.6 is 0 Å². The maximum Gasteiger partial charge on any atom is 0.101 e. The van der Waals surface area contributed by atoms with Crippen LogP contribution in [0.2, 0.25) is 0 Å². The number of nitriles is 2. The van der Waals surface area contributed by atoms with Gasteiger partial charge in [-0.3, -0.25) is 0 Å². The first kappa shape index (κ1) is 12.1. The Bertz CT molecular complexity index is 426. The Labute approximate surface area is 96.5 Å². The van der Waals surface area contributed by atoms with Crippen molar-refractivity contribution in [2.24, 2.45) is 0 Å². The third kappa shape index (κ3) is 2.52. The van der Waals surface area contributed by atoms with E-state index in [1.54, 1.807) is 6.07 Å². The van der Waals surface area contributed by atoms with Crippen molar-refractivity contribution in [3.8, 4) is 12.1 Å². The summed E-state index contributed by atoms with van der Waals surface area (Å²) >= 11 is 0. The van der Waals surface area contributed by atoms with Crippen LogP contribution in [0.3, 0.4) is 0 Å². The summed E-state index contributed by atoms with van der Waals surface area (Å²) in [4.78, 5) is 2.02. The molecule has 0 aromatic heterocycles. The van der Waals surface area contributed by atoms with Crippen molar-refractivity contribution in [3.05, 3.63) is 29.8 Å². The molecule has 0 fully saturated rings. The van der Waals surface area contributed by atoms with E-state index in [2.05, 4.69) is 12.1 Å². The summed E-state index contributed by atoms with van der Waals surface area (Å²) < 4.78 is 0. The molecular weight excluding hydrogens is 198 g/mol. The molecule has 0 aliphatic rings. The zero-order valence-electron chi connectivity index (χ0n) is 9.64. The van der Waals surface area contributed by atoms with Crippen LogP contribution in [0, 0.1) is 22.7 Å². The molecule has 16 heavy (non-hydrogen) atoms. The standard InChI is InChI=1S/C13H15N3/c1-3-12(8-9-14)16(2)13-7-5-4-6-11(13)10-15/h4-7,12H,3,8H2,1-2H3. The lowest BCUT2D eigenvalue weighted by Gasteiger charge is -2.28. The first-order chi connectivity index (χ1) is 7.74. The Morgan fingerprint density at radius 1 is 1.31 bits per heavy atom. The van der Waals surface area contributed by atoms with E-state index in [0.717, 1.165) is 12.1 Å². The monoisotopic (exact) mass is 213 g/mol. The average molecular weight is 213 g/mol. The third-order valence-corrected chi connectivity index (χ3v) is 2.75. The zero-order chi connectivity index (χ0) is 12.0. The largest absolute Gasteiger partial charge is 0.370 e. The molecule has 1 atom stereocenters. The van der Waals surface area contributed by atoms with Gasteiger partial charge in [-0.15, -0.1) is 0 Å². The number of nitrogens with zero attached hydrogens (tertiary/aromatic N) is 3. The van der Waals surface area contributed by atoms with Crippen LogP contribution in [0.5, 0.6) is 0 Å². The predicted octanol–water partition coefficient (Wildman–Crippen LogP) is 2.69. The van der Waals surface area contributed by atoms with E-state index in [-0.39, 0.29) is 6.04 Å². The number of para-hydroxylation sites is 1. The quantitative estimate of drug-likeness (QED) is 0.772. The van der Waals surface area contributed by atoms with Crippen molar-refractivity contribution in [2.75, 3.05) is 11.9 Å². The fraction of sp³-hybridized carbons (Fsp3) is 0.385. The van der Waals surface area contributed by atoms with E-state index in [0.29, 0.717) is 12.0 Å². The molecule has 1 aromatic carbocycles. The Kier molecular flexibility index (Phi) is 4.36. The molecule has 1 aromatic rings. The van der Waals surface area contributed by atoms with Crippen molar-refractivity contribution in [1.29, 1.82) is 10.5 Å². The number of benzene rings is 1. The van der Waals surface area contributed by atoms with Gasteiger partial charge < -0.3 is 4.90 Å². The van der Waals surface area contributed by atoms with Gasteiger partial charge >= 0.3 is 0 Å². The molecule has 0 N–H and O–H groups in total. The predicted molar refractivity (Wildman–Crippen MR) is 63.9 cm³/mol. The Balaban J connectivity index is 3.00. The van der Waals surface area contributed by atoms with Crippen LogP contribution in [-0.4, -0.2) is 13.1 Å². The molecule has 3 nitrogen and oxygen atoms in total. The van der Waals surface area contributed by atoms with Crippen LogP contribution in [0.25, 0.3) is 0 Å². The maximum atomic E-state index is 9.01. The van der Waals surface area contributed by atoms with Gasteiger partial charge in [0.2, 0.25) is 0 Å². The fourth-order valence-electron chi connectivity index (χ4n) is 1.73. The lowest BCUT2D eigenvalue weighted by atomic mass is 10.1. The summed E-state index contributed by atoms with van der Waals surface area (Å²) in [6.45, 7) is 2.05. The summed E-state index contributed by atoms with van der Waals surface area (Å²) in [5.74, 6) is 0. The third-order valence-electron chi connectivity index (χ3n) is 2.75. The van der Waals surface area contributed by atoms with E-state index >= 15 is 0 Å². The van der Waals surface area contributed by atoms with Crippen LogP contribution in [0.15, 0.2) is 24.3 Å². The molecular formula is C13H15N3. The highest BCUT2D eigenvalue weighted by Gasteiger charge is 2.15. The summed E-state index contributed by atoms with van der Waals surface area (Å²) in [6, 6.07) is 12.0. The van der Waals surface area contributed by atoms with Crippen LogP contribution in [-0.2, 0) is 0 Å². The van der Waals surface area contributed by atoms with Gasteiger partial charge in [0, 0.05) is 13.1 Å². The van der Waals surface area contributed by atoms with Crippen molar-refractivity contribution < 1.29 is 0 Å². The van der Waals surface area contributed by atoms with Crippen LogP contribution < -0.4 is 4.90 Å². The number of anilines is 1. The summed E-state index contributed by atoms with van der Waals surface area (Å²) in [5.41, 5.74) is 1.55. The van der Waals surface area contributed by atoms with E-state index in [4.69, 9.17) is 10.5 Å². The molecule has 1 unspecified atom stereocenters. The maximum absolute atomic E-state index is 9.01. The summed E-state index contributed by atoms with van der Waals surface area (Å²) in [5, 5.41) is 17.8. The molecule has 82 valence electrons. The Morgan fingerprint density at radius 3 is 2.56 bits per heavy atom. The minimum atomic E-state index is 0.166. The van der Waals surface area contributed by atoms with Crippen LogP contribution in [0.4, 0.5) is 5.69 Å². The molecule has 0 saturated carbocycles. The molecule has 0 bridgehead atoms. The highest BCUT2D eigenvalue weighted by molar-refractivity contribution is 5.59. The molecule has 0 amide bonds. The molecule has 0 heterocycles. The first-order valence-electron chi connectivity index (χ1n) is 5.33. The first-order valence-corrected chi connectivity index (χ1v) is 5.33. The van der Waals surface area contributed by atoms with Crippen molar-refractivity contribution in [3.63, 3.8) is 0 Å². The molecule has 3 heteroatoms. The smallest absolute Gasteiger partial charge is 0.101 e. The summed E-state index contributed by atoms with van der Waals surface area (Å²) in [6.07, 6.45) is 1.37. The fourth-order valence-corrected chi connectivity index (χ4v) is 1.73. The van der Waals surface area contributed by atoms with Crippen molar-refractivity contribution in [2.45, 2.75) is 25.8 Å². The van der Waals surface area contributed by atoms with Crippen molar-refractivity contribution >= 4 is 5.69 Å². The number of hydrogen-bond acceptors (Lipinski definition) is 3. The van der Waals surface area contributed by atoms with E-state index in [1.807, 2.05) is 37.1 Å². The molecule has 0 radical (unpaired) electrons. The van der Waals surface area contributed by atoms with Gasteiger partial charge in [-0.2, -0.15) is 10.5 Å². The van der Waals surface area contributed by atoms with Gasteiger partial charge in [0.25, 0.3) is 0 Å². The SMILES string of the molecule is CCC(CC#N)N(C)c1ccccc1C#N. The Hall–Kier alpha value is -2.00. The van der Waals surface area contributed by atoms with Gasteiger partial charge in [-0.05, 0) is 18.6 Å². The molecule has 1 rings (SSSR count). The summed E-state index contributed by atoms with van der Waals surface area (Å²) in [7, 11) is 1.93.